The van der Waals surface area contributed by atoms with Crippen molar-refractivity contribution >= 4 is 19.0 Å². The van der Waals surface area contributed by atoms with E-state index in [-0.39, 0.29) is 36.0 Å². The van der Waals surface area contributed by atoms with Crippen LogP contribution in [0.3, 0.4) is 0 Å². The molecule has 0 saturated heterocycles. The topological polar surface area (TPSA) is 148 Å². The molecule has 8 nitrogen and oxygen atoms in total. The molecule has 0 bridgehead atoms. The van der Waals surface area contributed by atoms with Crippen molar-refractivity contribution < 1.29 is 24.4 Å². The van der Waals surface area contributed by atoms with Crippen molar-refractivity contribution in [1.29, 1.82) is 0 Å². The van der Waals surface area contributed by atoms with Crippen LogP contribution in [0.25, 0.3) is 0 Å². The summed E-state index contributed by atoms with van der Waals surface area (Å²) in [6.45, 7) is 0.852. The van der Waals surface area contributed by atoms with E-state index in [4.69, 9.17) is 16.1 Å². The molecule has 29 heavy (non-hydrogen) atoms. The fraction of sp³-hybridized carbons (Fsp3) is 0.300. The number of para-hydroxylation sites is 1. The minimum atomic E-state index is -1.21. The molecular weight excluding hydrogens is 373 g/mol. The van der Waals surface area contributed by atoms with Gasteiger partial charge in [-0.3, -0.25) is 4.79 Å². The van der Waals surface area contributed by atoms with E-state index in [1.54, 1.807) is 12.1 Å². The highest BCUT2D eigenvalue weighted by Crippen LogP contribution is 2.34. The number of rotatable bonds is 7. The number of hydrogen-bond donors (Lipinski definition) is 5. The van der Waals surface area contributed by atoms with Gasteiger partial charge in [-0.1, -0.05) is 30.3 Å². The lowest BCUT2D eigenvalue weighted by Gasteiger charge is -2.28. The first kappa shape index (κ1) is 20.8. The summed E-state index contributed by atoms with van der Waals surface area (Å²) in [4.78, 5) is 23.7. The maximum absolute atomic E-state index is 12.4. The third-order valence-electron chi connectivity index (χ3n) is 5.16. The van der Waals surface area contributed by atoms with Crippen molar-refractivity contribution in [3.63, 3.8) is 0 Å². The second-order valence-electron chi connectivity index (χ2n) is 7.02. The number of carbonyl (C=O) groups is 2. The lowest BCUT2D eigenvalue weighted by Crippen LogP contribution is -2.41. The summed E-state index contributed by atoms with van der Waals surface area (Å²) >= 11 is 0. The molecule has 1 atom stereocenters. The van der Waals surface area contributed by atoms with Gasteiger partial charge in [-0.2, -0.15) is 0 Å². The average Bonchev–Trinajstić information content (AvgIpc) is 2.71. The molecule has 1 amide bonds. The van der Waals surface area contributed by atoms with Crippen LogP contribution in [-0.2, 0) is 30.7 Å². The van der Waals surface area contributed by atoms with Crippen molar-refractivity contribution in [3.05, 3.63) is 64.2 Å². The van der Waals surface area contributed by atoms with Gasteiger partial charge in [0.15, 0.2) is 0 Å². The molecule has 9 heteroatoms. The number of carboxylic acids is 1. The van der Waals surface area contributed by atoms with E-state index in [0.29, 0.717) is 25.1 Å². The SMILES string of the molecule is NCc1cccc(CC(=O)NC[C@H]2Cc3cccc(C(=O)O)c3OB2O)c1CN. The highest BCUT2D eigenvalue weighted by molar-refractivity contribution is 6.46. The summed E-state index contributed by atoms with van der Waals surface area (Å²) < 4.78 is 5.45. The normalized spacial score (nSPS) is 15.4. The number of hydrogen-bond acceptors (Lipinski definition) is 6. The number of nitrogens with one attached hydrogen (secondary N) is 1. The van der Waals surface area contributed by atoms with Gasteiger partial charge in [0.25, 0.3) is 0 Å². The predicted molar refractivity (Wildman–Crippen MR) is 108 cm³/mol. The Morgan fingerprint density at radius 1 is 1.14 bits per heavy atom. The molecule has 1 aliphatic heterocycles. The number of nitrogens with two attached hydrogens (primary N) is 2. The summed E-state index contributed by atoms with van der Waals surface area (Å²) in [7, 11) is -1.21. The molecule has 3 rings (SSSR count). The third kappa shape index (κ3) is 4.59. The monoisotopic (exact) mass is 397 g/mol. The van der Waals surface area contributed by atoms with Gasteiger partial charge in [-0.05, 0) is 34.7 Å². The van der Waals surface area contributed by atoms with Crippen LogP contribution in [-0.4, -0.2) is 35.7 Å². The van der Waals surface area contributed by atoms with E-state index < -0.39 is 13.1 Å². The molecule has 0 radical (unpaired) electrons. The summed E-state index contributed by atoms with van der Waals surface area (Å²) in [5.41, 5.74) is 14.9. The van der Waals surface area contributed by atoms with Gasteiger partial charge in [-0.25, -0.2) is 4.79 Å². The van der Waals surface area contributed by atoms with Crippen LogP contribution < -0.4 is 21.4 Å². The predicted octanol–water partition coefficient (Wildman–Crippen LogP) is 0.447. The van der Waals surface area contributed by atoms with Gasteiger partial charge in [0.1, 0.15) is 5.75 Å². The first-order valence-corrected chi connectivity index (χ1v) is 9.41. The number of aromatic carboxylic acids is 1. The van der Waals surface area contributed by atoms with Crippen LogP contribution in [0.2, 0.25) is 5.82 Å². The highest BCUT2D eigenvalue weighted by atomic mass is 16.5. The van der Waals surface area contributed by atoms with Crippen LogP contribution in [0.4, 0.5) is 0 Å². The van der Waals surface area contributed by atoms with E-state index in [0.717, 1.165) is 16.7 Å². The third-order valence-corrected chi connectivity index (χ3v) is 5.16. The highest BCUT2D eigenvalue weighted by Gasteiger charge is 2.36. The van der Waals surface area contributed by atoms with Gasteiger partial charge >= 0.3 is 13.1 Å². The molecule has 7 N–H and O–H groups in total. The van der Waals surface area contributed by atoms with E-state index in [1.165, 1.54) is 6.07 Å². The summed E-state index contributed by atoms with van der Waals surface area (Å²) in [5, 5.41) is 22.4. The zero-order chi connectivity index (χ0) is 21.0. The molecular formula is C20H24BN3O5. The van der Waals surface area contributed by atoms with Gasteiger partial charge < -0.3 is 31.6 Å². The smallest absolute Gasteiger partial charge is 0.528 e. The first-order chi connectivity index (χ1) is 13.9. The van der Waals surface area contributed by atoms with Gasteiger partial charge in [0.2, 0.25) is 5.91 Å². The van der Waals surface area contributed by atoms with Gasteiger partial charge in [0.05, 0.1) is 12.0 Å². The van der Waals surface area contributed by atoms with E-state index in [1.807, 2.05) is 18.2 Å². The Morgan fingerprint density at radius 2 is 1.86 bits per heavy atom. The Kier molecular flexibility index (Phi) is 6.53. The number of benzene rings is 2. The van der Waals surface area contributed by atoms with Crippen LogP contribution in [0.15, 0.2) is 36.4 Å². The molecule has 2 aromatic rings. The lowest BCUT2D eigenvalue weighted by atomic mass is 9.66. The second kappa shape index (κ2) is 9.08. The lowest BCUT2D eigenvalue weighted by molar-refractivity contribution is -0.120. The number of fused-ring (bicyclic) bond motifs is 1. The van der Waals surface area contributed by atoms with Crippen LogP contribution in [0.5, 0.6) is 5.75 Å². The van der Waals surface area contributed by atoms with E-state index >= 15 is 0 Å². The molecule has 2 aromatic carbocycles. The second-order valence-corrected chi connectivity index (χ2v) is 7.02. The molecule has 0 aromatic heterocycles. The first-order valence-electron chi connectivity index (χ1n) is 9.41. The van der Waals surface area contributed by atoms with Crippen molar-refractivity contribution in [2.24, 2.45) is 11.5 Å². The maximum Gasteiger partial charge on any atom is 0.528 e. The molecule has 0 saturated carbocycles. The van der Waals surface area contributed by atoms with Crippen molar-refractivity contribution in [2.45, 2.75) is 31.7 Å². The van der Waals surface area contributed by atoms with Crippen LogP contribution in [0.1, 0.15) is 32.6 Å². The Hall–Kier alpha value is -2.88. The van der Waals surface area contributed by atoms with Crippen molar-refractivity contribution in [1.82, 2.24) is 5.32 Å². The van der Waals surface area contributed by atoms with Crippen molar-refractivity contribution in [2.75, 3.05) is 6.54 Å². The van der Waals surface area contributed by atoms with E-state index in [9.17, 15) is 19.7 Å². The summed E-state index contributed by atoms with van der Waals surface area (Å²) in [6, 6.07) is 10.4. The molecule has 1 aliphatic rings. The van der Waals surface area contributed by atoms with Gasteiger partial charge in [0, 0.05) is 25.5 Å². The van der Waals surface area contributed by atoms with Gasteiger partial charge in [-0.15, -0.1) is 0 Å². The summed E-state index contributed by atoms with van der Waals surface area (Å²) in [6.07, 6.45) is 0.554. The molecule has 0 fully saturated rings. The standard InChI is InChI=1S/C20H24BN3O5/c22-9-14-5-1-3-12(17(14)10-23)8-18(25)24-11-15-7-13-4-2-6-16(20(26)27)19(13)29-21(15)28/h1-6,15,28H,7-11,22-23H2,(H,24,25)(H,26,27)/t15-/m1/s1. The summed E-state index contributed by atoms with van der Waals surface area (Å²) in [5.74, 6) is -1.52. The Morgan fingerprint density at radius 3 is 2.55 bits per heavy atom. The zero-order valence-electron chi connectivity index (χ0n) is 15.9. The number of carbonyl (C=O) groups excluding carboxylic acids is 1. The van der Waals surface area contributed by atoms with Crippen LogP contribution in [0, 0.1) is 0 Å². The molecule has 0 spiro atoms. The Bertz CT molecular complexity index is 921. The molecule has 1 heterocycles. The minimum Gasteiger partial charge on any atom is -0.535 e. The Labute approximate surface area is 169 Å². The largest absolute Gasteiger partial charge is 0.535 e. The molecule has 0 aliphatic carbocycles. The fourth-order valence-electron chi connectivity index (χ4n) is 3.61. The van der Waals surface area contributed by atoms with Crippen LogP contribution >= 0.6 is 0 Å². The van der Waals surface area contributed by atoms with Crippen molar-refractivity contribution in [3.8, 4) is 5.75 Å². The molecule has 152 valence electrons. The minimum absolute atomic E-state index is 0.0122. The maximum atomic E-state index is 12.4. The van der Waals surface area contributed by atoms with E-state index in [2.05, 4.69) is 5.32 Å². The average molecular weight is 397 g/mol. The molecule has 0 unspecified atom stereocenters. The quantitative estimate of drug-likeness (QED) is 0.426. The Balaban J connectivity index is 1.64. The number of amides is 1. The zero-order valence-corrected chi connectivity index (χ0v) is 15.9. The fourth-order valence-corrected chi connectivity index (χ4v) is 3.61. The number of carboxylic acid groups (broad SMARTS) is 1.